The van der Waals surface area contributed by atoms with Crippen LogP contribution in [0.1, 0.15) is 0 Å². The van der Waals surface area contributed by atoms with Crippen molar-refractivity contribution in [2.75, 3.05) is 0 Å². The van der Waals surface area contributed by atoms with E-state index in [1.807, 2.05) is 0 Å². The van der Waals surface area contributed by atoms with Crippen LogP contribution in [0.4, 0.5) is 0 Å². The fourth-order valence-electron chi connectivity index (χ4n) is 0.546. The van der Waals surface area contributed by atoms with Gasteiger partial charge in [0.1, 0.15) is 10.5 Å². The lowest BCUT2D eigenvalue weighted by atomic mass is 11.8. The second-order valence-electron chi connectivity index (χ2n) is 3.03. The van der Waals surface area contributed by atoms with Crippen molar-refractivity contribution in [3.05, 3.63) is 0 Å². The lowest BCUT2D eigenvalue weighted by molar-refractivity contribution is 0.452. The highest BCUT2D eigenvalue weighted by Crippen LogP contribution is 2.04. The van der Waals surface area contributed by atoms with E-state index in [2.05, 4.69) is 26.2 Å². The third kappa shape index (κ3) is 6.46. The van der Waals surface area contributed by atoms with Gasteiger partial charge in [0.05, 0.1) is 0 Å². The summed E-state index contributed by atoms with van der Waals surface area (Å²) in [7, 11) is -1.64. The summed E-state index contributed by atoms with van der Waals surface area (Å²) in [6.07, 6.45) is 0. The van der Waals surface area contributed by atoms with Gasteiger partial charge in [-0.3, -0.25) is 0 Å². The molecule has 0 spiro atoms. The molecule has 1 atom stereocenters. The maximum absolute atomic E-state index is 5.68. The lowest BCUT2D eigenvalue weighted by Crippen LogP contribution is -2.34. The van der Waals surface area contributed by atoms with Gasteiger partial charge in [0.15, 0.2) is 8.32 Å². The molecule has 0 N–H and O–H groups in total. The molecule has 0 radical (unpaired) electrons. The molecular weight excluding hydrogens is 164 g/mol. The predicted octanol–water partition coefficient (Wildman–Crippen LogP) is -0.0148. The van der Waals surface area contributed by atoms with Crippen molar-refractivity contribution < 1.29 is 8.23 Å². The number of hydrogen-bond acceptors (Lipinski definition) is 2. The molecule has 2 nitrogen and oxygen atoms in total. The molecule has 0 saturated carbocycles. The molecule has 0 aliphatic carbocycles. The van der Waals surface area contributed by atoms with E-state index in [0.29, 0.717) is 0 Å². The highest BCUT2D eigenvalue weighted by Gasteiger charge is 2.17. The second kappa shape index (κ2) is 3.67. The molecule has 1 unspecified atom stereocenters. The van der Waals surface area contributed by atoms with E-state index in [9.17, 15) is 0 Å². The Morgan fingerprint density at radius 3 is 1.89 bits per heavy atom. The zero-order valence-corrected chi connectivity index (χ0v) is 11.0. The van der Waals surface area contributed by atoms with Crippen molar-refractivity contribution in [2.45, 2.75) is 26.2 Å². The van der Waals surface area contributed by atoms with E-state index in [1.54, 1.807) is 0 Å². The quantitative estimate of drug-likeness (QED) is 0.569. The number of rotatable bonds is 3. The first kappa shape index (κ1) is 9.57. The van der Waals surface area contributed by atoms with Gasteiger partial charge in [-0.25, -0.2) is 0 Å². The summed E-state index contributed by atoms with van der Waals surface area (Å²) >= 11 is 0. The Kier molecular flexibility index (Phi) is 3.90. The summed E-state index contributed by atoms with van der Waals surface area (Å²) in [5.74, 6) is 0. The first-order chi connectivity index (χ1) is 3.95. The average Bonchev–Trinajstić information content (AvgIpc) is 1.62. The monoisotopic (exact) mass is 180 g/mol. The third-order valence-corrected chi connectivity index (χ3v) is 7.66. The van der Waals surface area contributed by atoms with Crippen LogP contribution in [0.3, 0.4) is 0 Å². The van der Waals surface area contributed by atoms with Crippen LogP contribution in [0.25, 0.3) is 0 Å². The van der Waals surface area contributed by atoms with Crippen LogP contribution in [-0.2, 0) is 8.23 Å². The van der Waals surface area contributed by atoms with E-state index >= 15 is 0 Å². The maximum Gasteiger partial charge on any atom is 0.297 e. The van der Waals surface area contributed by atoms with Crippen LogP contribution in [0.5, 0.6) is 0 Å². The Bertz CT molecular complexity index is 80.4. The van der Waals surface area contributed by atoms with E-state index in [4.69, 9.17) is 8.23 Å². The Morgan fingerprint density at radius 1 is 1.33 bits per heavy atom. The highest BCUT2D eigenvalue weighted by molar-refractivity contribution is 6.76. The standard InChI is InChI=1S/C4H16O2Si3/c1-8(5-7)6-9(2,3)4/h8H,1-4,7H3. The molecule has 0 heterocycles. The predicted molar refractivity (Wildman–Crippen MR) is 48.5 cm³/mol. The molecule has 0 aromatic heterocycles. The van der Waals surface area contributed by atoms with E-state index < -0.39 is 17.6 Å². The molecule has 0 saturated heterocycles. The van der Waals surface area contributed by atoms with Gasteiger partial charge in [0.2, 0.25) is 0 Å². The van der Waals surface area contributed by atoms with Crippen LogP contribution in [0.2, 0.25) is 26.2 Å². The molecular formula is C4H16O2Si3. The molecule has 0 aromatic rings. The van der Waals surface area contributed by atoms with Crippen molar-refractivity contribution in [3.63, 3.8) is 0 Å². The molecule has 0 fully saturated rings. The van der Waals surface area contributed by atoms with Crippen LogP contribution in [0.15, 0.2) is 0 Å². The van der Waals surface area contributed by atoms with Crippen molar-refractivity contribution in [3.8, 4) is 0 Å². The van der Waals surface area contributed by atoms with Crippen LogP contribution in [0, 0.1) is 0 Å². The Morgan fingerprint density at radius 2 is 1.78 bits per heavy atom. The van der Waals surface area contributed by atoms with Crippen molar-refractivity contribution >= 4 is 28.1 Å². The fraction of sp³-hybridized carbons (Fsp3) is 1.00. The molecule has 0 aliphatic heterocycles. The summed E-state index contributed by atoms with van der Waals surface area (Å²) in [5.41, 5.74) is 0. The maximum atomic E-state index is 5.68. The fourth-order valence-corrected chi connectivity index (χ4v) is 5.78. The smallest absolute Gasteiger partial charge is 0.297 e. The van der Waals surface area contributed by atoms with E-state index in [1.165, 1.54) is 0 Å². The Balaban J connectivity index is 3.47. The minimum atomic E-state index is -1.28. The second-order valence-corrected chi connectivity index (χ2v) is 11.2. The van der Waals surface area contributed by atoms with Gasteiger partial charge in [0, 0.05) is 0 Å². The third-order valence-electron chi connectivity index (χ3n) is 0.851. The van der Waals surface area contributed by atoms with Gasteiger partial charge in [-0.2, -0.15) is 0 Å². The van der Waals surface area contributed by atoms with E-state index in [0.717, 1.165) is 10.5 Å². The Hall–Kier alpha value is 0.571. The first-order valence-electron chi connectivity index (χ1n) is 3.16. The largest absolute Gasteiger partial charge is 0.447 e. The van der Waals surface area contributed by atoms with Crippen LogP contribution >= 0.6 is 0 Å². The summed E-state index contributed by atoms with van der Waals surface area (Å²) in [5, 5.41) is 0. The summed E-state index contributed by atoms with van der Waals surface area (Å²) < 4.78 is 10.9. The summed E-state index contributed by atoms with van der Waals surface area (Å²) in [6, 6.07) is 0. The summed E-state index contributed by atoms with van der Waals surface area (Å²) in [4.78, 5) is 0. The van der Waals surface area contributed by atoms with Gasteiger partial charge < -0.3 is 8.23 Å². The number of hydrogen-bond donors (Lipinski definition) is 0. The lowest BCUT2D eigenvalue weighted by Gasteiger charge is -2.21. The van der Waals surface area contributed by atoms with E-state index in [-0.39, 0.29) is 0 Å². The molecule has 0 rings (SSSR count). The average molecular weight is 180 g/mol. The molecule has 0 aliphatic rings. The van der Waals surface area contributed by atoms with Gasteiger partial charge in [-0.05, 0) is 26.2 Å². The molecule has 9 heavy (non-hydrogen) atoms. The zero-order valence-electron chi connectivity index (χ0n) is 6.89. The van der Waals surface area contributed by atoms with Gasteiger partial charge in [0.25, 0.3) is 9.28 Å². The van der Waals surface area contributed by atoms with Crippen LogP contribution in [-0.4, -0.2) is 28.1 Å². The first-order valence-corrected chi connectivity index (χ1v) is 9.48. The molecule has 0 amide bonds. The molecule has 5 heteroatoms. The molecule has 56 valence electrons. The molecule has 0 bridgehead atoms. The van der Waals surface area contributed by atoms with Crippen LogP contribution < -0.4 is 0 Å². The zero-order chi connectivity index (χ0) is 7.49. The summed E-state index contributed by atoms with van der Waals surface area (Å²) in [6.45, 7) is 8.66. The van der Waals surface area contributed by atoms with Gasteiger partial charge in [-0.1, -0.05) is 0 Å². The molecule has 0 aromatic carbocycles. The van der Waals surface area contributed by atoms with Gasteiger partial charge >= 0.3 is 0 Å². The normalized spacial score (nSPS) is 16.0. The SMILES string of the molecule is C[SiH](O[SiH3])O[Si](C)(C)C. The Labute approximate surface area is 63.1 Å². The van der Waals surface area contributed by atoms with Crippen molar-refractivity contribution in [1.29, 1.82) is 0 Å². The van der Waals surface area contributed by atoms with Gasteiger partial charge in [-0.15, -0.1) is 0 Å². The van der Waals surface area contributed by atoms with Crippen molar-refractivity contribution in [1.82, 2.24) is 0 Å². The van der Waals surface area contributed by atoms with Crippen molar-refractivity contribution in [2.24, 2.45) is 0 Å². The highest BCUT2D eigenvalue weighted by atomic mass is 28.4. The minimum Gasteiger partial charge on any atom is -0.447 e. The topological polar surface area (TPSA) is 18.5 Å². The minimum absolute atomic E-state index is 0.825.